The van der Waals surface area contributed by atoms with Crippen molar-refractivity contribution in [3.63, 3.8) is 0 Å². The van der Waals surface area contributed by atoms with Gasteiger partial charge in [0, 0.05) is 18.9 Å². The van der Waals surface area contributed by atoms with Crippen LogP contribution in [0.3, 0.4) is 0 Å². The third-order valence-corrected chi connectivity index (χ3v) is 2.93. The van der Waals surface area contributed by atoms with E-state index in [-0.39, 0.29) is 6.61 Å². The molecule has 1 N–H and O–H groups in total. The monoisotopic (exact) mass is 218 g/mol. The number of esters is 1. The molecule has 0 fully saturated rings. The highest BCUT2D eigenvalue weighted by molar-refractivity contribution is 5.81. The minimum atomic E-state index is -0.821. The first-order valence-electron chi connectivity index (χ1n) is 5.26. The van der Waals surface area contributed by atoms with Crippen molar-refractivity contribution >= 4 is 5.97 Å². The van der Waals surface area contributed by atoms with Crippen LogP contribution in [0.15, 0.2) is 36.9 Å². The normalized spacial score (nSPS) is 21.8. The Bertz CT molecular complexity index is 425. The summed E-state index contributed by atoms with van der Waals surface area (Å²) in [6.45, 7) is 3.53. The van der Waals surface area contributed by atoms with Gasteiger partial charge in [0.1, 0.15) is 0 Å². The van der Waals surface area contributed by atoms with E-state index in [4.69, 9.17) is 4.74 Å². The van der Waals surface area contributed by atoms with Crippen LogP contribution < -0.4 is 0 Å². The van der Waals surface area contributed by atoms with E-state index in [9.17, 15) is 9.90 Å². The molecule has 0 radical (unpaired) electrons. The minimum absolute atomic E-state index is 0.218. The third-order valence-electron chi connectivity index (χ3n) is 2.93. The summed E-state index contributed by atoms with van der Waals surface area (Å²) in [7, 11) is 0. The Morgan fingerprint density at radius 3 is 3.00 bits per heavy atom. The van der Waals surface area contributed by atoms with Crippen LogP contribution >= 0.6 is 0 Å². The highest BCUT2D eigenvalue weighted by Crippen LogP contribution is 2.41. The van der Waals surface area contributed by atoms with Crippen molar-refractivity contribution in [2.75, 3.05) is 6.61 Å². The lowest BCUT2D eigenvalue weighted by Gasteiger charge is -2.39. The predicted octanol–water partition coefficient (Wildman–Crippen LogP) is 1.55. The maximum atomic E-state index is 10.8. The number of hydrogen-bond acceptors (Lipinski definition) is 3. The molecule has 0 bridgehead atoms. The van der Waals surface area contributed by atoms with E-state index in [1.807, 2.05) is 24.3 Å². The van der Waals surface area contributed by atoms with Crippen molar-refractivity contribution in [2.45, 2.75) is 18.4 Å². The smallest absolute Gasteiger partial charge is 0.330 e. The molecule has 1 aromatic rings. The van der Waals surface area contributed by atoms with Gasteiger partial charge in [0.05, 0.1) is 12.2 Å². The summed E-state index contributed by atoms with van der Waals surface area (Å²) in [6.07, 6.45) is 2.19. The standard InChI is InChI=1S/C13H14O3/c1-2-12(14)16-8-7-13(15)9-10-5-3-4-6-11(10)13/h2-6,15H,1,7-9H2. The average Bonchev–Trinajstić information content (AvgIpc) is 2.28. The first-order chi connectivity index (χ1) is 7.65. The maximum Gasteiger partial charge on any atom is 0.330 e. The number of carbonyl (C=O) groups is 1. The lowest BCUT2D eigenvalue weighted by molar-refractivity contribution is -0.139. The zero-order chi connectivity index (χ0) is 11.6. The quantitative estimate of drug-likeness (QED) is 0.616. The Morgan fingerprint density at radius 1 is 1.56 bits per heavy atom. The van der Waals surface area contributed by atoms with Crippen molar-refractivity contribution in [2.24, 2.45) is 0 Å². The summed E-state index contributed by atoms with van der Waals surface area (Å²) >= 11 is 0. The van der Waals surface area contributed by atoms with Gasteiger partial charge in [-0.2, -0.15) is 0 Å². The molecule has 3 heteroatoms. The van der Waals surface area contributed by atoms with Crippen LogP contribution in [0, 0.1) is 0 Å². The van der Waals surface area contributed by atoms with Crippen LogP contribution in [-0.4, -0.2) is 17.7 Å². The Kier molecular flexibility index (Phi) is 2.79. The van der Waals surface area contributed by atoms with Crippen molar-refractivity contribution < 1.29 is 14.6 Å². The van der Waals surface area contributed by atoms with Crippen LogP contribution in [0.25, 0.3) is 0 Å². The van der Waals surface area contributed by atoms with Crippen molar-refractivity contribution in [1.29, 1.82) is 0 Å². The van der Waals surface area contributed by atoms with Gasteiger partial charge < -0.3 is 9.84 Å². The Labute approximate surface area is 94.4 Å². The molecule has 1 aliphatic carbocycles. The van der Waals surface area contributed by atoms with Gasteiger partial charge in [0.15, 0.2) is 0 Å². The van der Waals surface area contributed by atoms with Gasteiger partial charge in [-0.25, -0.2) is 4.79 Å². The minimum Gasteiger partial charge on any atom is -0.462 e. The molecule has 1 aliphatic rings. The summed E-state index contributed by atoms with van der Waals surface area (Å²) in [5.41, 5.74) is 1.29. The molecule has 0 amide bonds. The first kappa shape index (κ1) is 10.9. The van der Waals surface area contributed by atoms with Crippen molar-refractivity contribution in [3.05, 3.63) is 48.0 Å². The molecular weight excluding hydrogens is 204 g/mol. The summed E-state index contributed by atoms with van der Waals surface area (Å²) in [5.74, 6) is -0.448. The topological polar surface area (TPSA) is 46.5 Å². The third kappa shape index (κ3) is 1.86. The SMILES string of the molecule is C=CC(=O)OCCC1(O)Cc2ccccc21. The van der Waals surface area contributed by atoms with E-state index < -0.39 is 11.6 Å². The van der Waals surface area contributed by atoms with E-state index in [0.29, 0.717) is 12.8 Å². The van der Waals surface area contributed by atoms with Crippen LogP contribution in [0.4, 0.5) is 0 Å². The highest BCUT2D eigenvalue weighted by atomic mass is 16.5. The Morgan fingerprint density at radius 2 is 2.31 bits per heavy atom. The second-order valence-corrected chi connectivity index (χ2v) is 3.99. The Balaban J connectivity index is 1.93. The average molecular weight is 218 g/mol. The fraction of sp³-hybridized carbons (Fsp3) is 0.308. The van der Waals surface area contributed by atoms with Gasteiger partial charge >= 0.3 is 5.97 Å². The molecule has 16 heavy (non-hydrogen) atoms. The van der Waals surface area contributed by atoms with E-state index >= 15 is 0 Å². The van der Waals surface area contributed by atoms with E-state index in [0.717, 1.165) is 11.6 Å². The largest absolute Gasteiger partial charge is 0.462 e. The molecule has 3 nitrogen and oxygen atoms in total. The number of benzene rings is 1. The second-order valence-electron chi connectivity index (χ2n) is 3.99. The van der Waals surface area contributed by atoms with Gasteiger partial charge in [0.2, 0.25) is 0 Å². The molecule has 84 valence electrons. The molecule has 1 atom stereocenters. The van der Waals surface area contributed by atoms with Crippen LogP contribution in [0.1, 0.15) is 17.5 Å². The molecule has 1 unspecified atom stereocenters. The molecule has 0 saturated carbocycles. The molecular formula is C13H14O3. The number of carbonyl (C=O) groups excluding carboxylic acids is 1. The van der Waals surface area contributed by atoms with Crippen molar-refractivity contribution in [3.8, 4) is 0 Å². The van der Waals surface area contributed by atoms with Crippen molar-refractivity contribution in [1.82, 2.24) is 0 Å². The fourth-order valence-electron chi connectivity index (χ4n) is 2.03. The number of ether oxygens (including phenoxy) is 1. The lowest BCUT2D eigenvalue weighted by Crippen LogP contribution is -2.39. The molecule has 0 spiro atoms. The van der Waals surface area contributed by atoms with E-state index in [1.165, 1.54) is 5.56 Å². The molecule has 1 aromatic carbocycles. The molecule has 0 saturated heterocycles. The molecule has 0 aliphatic heterocycles. The summed E-state index contributed by atoms with van der Waals surface area (Å²) < 4.78 is 4.86. The van der Waals surface area contributed by atoms with Gasteiger partial charge in [-0.3, -0.25) is 0 Å². The van der Waals surface area contributed by atoms with E-state index in [1.54, 1.807) is 0 Å². The molecule has 0 heterocycles. The van der Waals surface area contributed by atoms with Crippen LogP contribution in [0.5, 0.6) is 0 Å². The van der Waals surface area contributed by atoms with Gasteiger partial charge in [0.25, 0.3) is 0 Å². The Hall–Kier alpha value is -1.61. The van der Waals surface area contributed by atoms with Gasteiger partial charge in [-0.05, 0) is 11.1 Å². The van der Waals surface area contributed by atoms with Gasteiger partial charge in [-0.15, -0.1) is 0 Å². The van der Waals surface area contributed by atoms with Crippen LogP contribution in [-0.2, 0) is 21.6 Å². The molecule has 2 rings (SSSR count). The van der Waals surface area contributed by atoms with E-state index in [2.05, 4.69) is 6.58 Å². The van der Waals surface area contributed by atoms with Crippen LogP contribution in [0.2, 0.25) is 0 Å². The second kappa shape index (κ2) is 4.10. The van der Waals surface area contributed by atoms with Gasteiger partial charge in [-0.1, -0.05) is 30.8 Å². The number of rotatable bonds is 4. The predicted molar refractivity (Wildman–Crippen MR) is 59.8 cm³/mol. The lowest BCUT2D eigenvalue weighted by atomic mass is 9.72. The summed E-state index contributed by atoms with van der Waals surface area (Å²) in [5, 5.41) is 10.2. The zero-order valence-corrected chi connectivity index (χ0v) is 8.98. The summed E-state index contributed by atoms with van der Waals surface area (Å²) in [4.78, 5) is 10.8. The first-order valence-corrected chi connectivity index (χ1v) is 5.26. The number of fused-ring (bicyclic) bond motifs is 1. The summed E-state index contributed by atoms with van der Waals surface area (Å²) in [6, 6.07) is 7.77. The maximum absolute atomic E-state index is 10.8. The number of hydrogen-bond donors (Lipinski definition) is 1. The zero-order valence-electron chi connectivity index (χ0n) is 8.98. The highest BCUT2D eigenvalue weighted by Gasteiger charge is 2.40. The molecule has 0 aromatic heterocycles. The number of aliphatic hydroxyl groups is 1. The fourth-order valence-corrected chi connectivity index (χ4v) is 2.03.